The summed E-state index contributed by atoms with van der Waals surface area (Å²) in [6.07, 6.45) is 8.97. The second-order valence-electron chi connectivity index (χ2n) is 14.1. The predicted molar refractivity (Wildman–Crippen MR) is 196 cm³/mol. The van der Waals surface area contributed by atoms with E-state index in [1.165, 1.54) is 50.2 Å². The molecule has 4 heteroatoms. The largest absolute Gasteiger partial charge is 0.512 e. The van der Waals surface area contributed by atoms with Crippen molar-refractivity contribution in [3.05, 3.63) is 101 Å². The molecule has 0 atom stereocenters. The van der Waals surface area contributed by atoms with Crippen LogP contribution in [0.3, 0.4) is 0 Å². The van der Waals surface area contributed by atoms with Crippen molar-refractivity contribution in [3.8, 4) is 22.4 Å². The minimum atomic E-state index is 0. The molecule has 0 unspecified atom stereocenters. The SMILES string of the molecule is CC(C)c1ccc2c(c1)CCc1c-2ccnc1-c1[c-]c2ccccc2c(C(C)(C)C)c1.CCC(CC)C(=O)/C=C(\O)C(CC)CC.[Ir]. The molecule has 0 spiro atoms. The van der Waals surface area contributed by atoms with Gasteiger partial charge in [-0.3, -0.25) is 9.78 Å². The molecule has 0 bridgehead atoms. The van der Waals surface area contributed by atoms with Gasteiger partial charge in [-0.05, 0) is 83.7 Å². The molecule has 0 aliphatic heterocycles. The van der Waals surface area contributed by atoms with Crippen molar-refractivity contribution in [2.45, 2.75) is 112 Å². The Morgan fingerprint density at radius 1 is 0.894 bits per heavy atom. The number of hydrogen-bond acceptors (Lipinski definition) is 3. The predicted octanol–water partition coefficient (Wildman–Crippen LogP) is 11.8. The summed E-state index contributed by atoms with van der Waals surface area (Å²) in [5, 5.41) is 12.2. The fourth-order valence-corrected chi connectivity index (χ4v) is 6.69. The maximum Gasteiger partial charge on any atom is 0.162 e. The van der Waals surface area contributed by atoms with Crippen molar-refractivity contribution in [2.24, 2.45) is 11.8 Å². The van der Waals surface area contributed by atoms with Crippen LogP contribution in [-0.2, 0) is 43.2 Å². The molecule has 1 heterocycles. The number of aliphatic hydroxyl groups is 1. The Balaban J connectivity index is 0.000000322. The first-order valence-electron chi connectivity index (χ1n) is 17.4. The molecule has 1 N–H and O–H groups in total. The summed E-state index contributed by atoms with van der Waals surface area (Å²) in [7, 11) is 0. The first-order chi connectivity index (χ1) is 21.9. The molecule has 1 radical (unpaired) electrons. The topological polar surface area (TPSA) is 50.2 Å². The Morgan fingerprint density at radius 2 is 1.55 bits per heavy atom. The van der Waals surface area contributed by atoms with Gasteiger partial charge in [0, 0.05) is 49.9 Å². The molecule has 1 aliphatic rings. The first-order valence-corrected chi connectivity index (χ1v) is 17.4. The van der Waals surface area contributed by atoms with Gasteiger partial charge in [-0.25, -0.2) is 0 Å². The van der Waals surface area contributed by atoms with Crippen LogP contribution in [0.5, 0.6) is 0 Å². The van der Waals surface area contributed by atoms with E-state index >= 15 is 0 Å². The smallest absolute Gasteiger partial charge is 0.162 e. The fourth-order valence-electron chi connectivity index (χ4n) is 6.69. The number of allylic oxidation sites excluding steroid dienone is 2. The number of pyridine rings is 1. The number of aryl methyl sites for hydroxylation is 1. The summed E-state index contributed by atoms with van der Waals surface area (Å²) in [4.78, 5) is 16.6. The van der Waals surface area contributed by atoms with Crippen LogP contribution in [0.25, 0.3) is 33.2 Å². The van der Waals surface area contributed by atoms with Crippen LogP contribution < -0.4 is 0 Å². The minimum absolute atomic E-state index is 0. The number of hydrogen-bond donors (Lipinski definition) is 1. The van der Waals surface area contributed by atoms with Crippen LogP contribution in [-0.4, -0.2) is 15.9 Å². The molecule has 0 saturated carbocycles. The first kappa shape index (κ1) is 38.4. The number of nitrogens with zero attached hydrogens (tertiary/aromatic N) is 1. The molecule has 253 valence electrons. The van der Waals surface area contributed by atoms with Crippen LogP contribution >= 0.6 is 0 Å². The number of fused-ring (bicyclic) bond motifs is 4. The molecule has 0 fully saturated rings. The zero-order valence-electron chi connectivity index (χ0n) is 30.0. The van der Waals surface area contributed by atoms with Crippen LogP contribution in [0.15, 0.2) is 72.6 Å². The zero-order chi connectivity index (χ0) is 33.6. The van der Waals surface area contributed by atoms with Crippen molar-refractivity contribution in [3.63, 3.8) is 0 Å². The van der Waals surface area contributed by atoms with Crippen molar-refractivity contribution >= 4 is 16.6 Å². The van der Waals surface area contributed by atoms with Gasteiger partial charge in [0.25, 0.3) is 0 Å². The van der Waals surface area contributed by atoms with E-state index in [0.29, 0.717) is 5.92 Å². The Bertz CT molecular complexity index is 1690. The number of carbonyl (C=O) groups excluding carboxylic acids is 1. The maximum atomic E-state index is 11.7. The molecular weight excluding hydrogens is 755 g/mol. The van der Waals surface area contributed by atoms with Gasteiger partial charge in [0.1, 0.15) is 0 Å². The van der Waals surface area contributed by atoms with E-state index < -0.39 is 0 Å². The van der Waals surface area contributed by atoms with Crippen molar-refractivity contribution in [2.75, 3.05) is 0 Å². The van der Waals surface area contributed by atoms with Crippen molar-refractivity contribution in [1.29, 1.82) is 0 Å². The fraction of sp³-hybridized carbons (Fsp3) is 0.442. The summed E-state index contributed by atoms with van der Waals surface area (Å²) >= 11 is 0. The number of carbonyl (C=O) groups is 1. The van der Waals surface area contributed by atoms with Crippen LogP contribution in [0.1, 0.15) is 116 Å². The number of aromatic nitrogens is 1. The maximum absolute atomic E-state index is 11.7. The molecular formula is C43H54IrNO2-. The van der Waals surface area contributed by atoms with E-state index in [1.54, 1.807) is 0 Å². The van der Waals surface area contributed by atoms with Crippen LogP contribution in [0, 0.1) is 17.9 Å². The van der Waals surface area contributed by atoms with Gasteiger partial charge in [-0.1, -0.05) is 110 Å². The van der Waals surface area contributed by atoms with Gasteiger partial charge in [0.15, 0.2) is 5.78 Å². The molecule has 3 nitrogen and oxygen atoms in total. The third-order valence-electron chi connectivity index (χ3n) is 9.71. The Morgan fingerprint density at radius 3 is 2.17 bits per heavy atom. The second-order valence-corrected chi connectivity index (χ2v) is 14.1. The van der Waals surface area contributed by atoms with Gasteiger partial charge < -0.3 is 5.11 Å². The molecule has 47 heavy (non-hydrogen) atoms. The number of aliphatic hydroxyl groups excluding tert-OH is 1. The van der Waals surface area contributed by atoms with E-state index in [4.69, 9.17) is 4.98 Å². The average molecular weight is 809 g/mol. The van der Waals surface area contributed by atoms with Crippen LogP contribution in [0.2, 0.25) is 0 Å². The van der Waals surface area contributed by atoms with Crippen molar-refractivity contribution < 1.29 is 30.0 Å². The molecule has 0 amide bonds. The Labute approximate surface area is 297 Å². The normalized spacial score (nSPS) is 12.8. The van der Waals surface area contributed by atoms with Gasteiger partial charge in [-0.15, -0.1) is 29.1 Å². The van der Waals surface area contributed by atoms with E-state index in [-0.39, 0.29) is 48.9 Å². The summed E-state index contributed by atoms with van der Waals surface area (Å²) in [5.41, 5.74) is 10.6. The second kappa shape index (κ2) is 16.8. The van der Waals surface area contributed by atoms with Gasteiger partial charge in [0.05, 0.1) is 5.76 Å². The van der Waals surface area contributed by atoms with E-state index in [0.717, 1.165) is 49.8 Å². The third-order valence-corrected chi connectivity index (χ3v) is 9.71. The zero-order valence-corrected chi connectivity index (χ0v) is 32.4. The summed E-state index contributed by atoms with van der Waals surface area (Å²) in [6.45, 7) is 19.5. The molecule has 0 saturated heterocycles. The average Bonchev–Trinajstić information content (AvgIpc) is 3.04. The summed E-state index contributed by atoms with van der Waals surface area (Å²) in [6, 6.07) is 23.8. The van der Waals surface area contributed by atoms with Gasteiger partial charge in [-0.2, -0.15) is 0 Å². The van der Waals surface area contributed by atoms with Gasteiger partial charge >= 0.3 is 0 Å². The Hall–Kier alpha value is -3.07. The molecule has 4 aromatic rings. The molecule has 1 aromatic heterocycles. The number of rotatable bonds is 9. The molecule has 1 aliphatic carbocycles. The quantitative estimate of drug-likeness (QED) is 0.104. The molecule has 3 aromatic carbocycles. The summed E-state index contributed by atoms with van der Waals surface area (Å²) < 4.78 is 0. The number of ketones is 1. The van der Waals surface area contributed by atoms with Crippen LogP contribution in [0.4, 0.5) is 0 Å². The van der Waals surface area contributed by atoms with Gasteiger partial charge in [0.2, 0.25) is 0 Å². The minimum Gasteiger partial charge on any atom is -0.512 e. The Kier molecular flexibility index (Phi) is 13.8. The molecule has 5 rings (SSSR count). The monoisotopic (exact) mass is 809 g/mol. The third kappa shape index (κ3) is 8.89. The number of benzene rings is 3. The summed E-state index contributed by atoms with van der Waals surface area (Å²) in [5.74, 6) is 1.11. The van der Waals surface area contributed by atoms with Crippen molar-refractivity contribution in [1.82, 2.24) is 4.98 Å². The standard InChI is InChI=1S/C30H30N.C13H24O2.Ir/c1-19(2)20-10-12-24-22(16-20)11-13-27-26(24)14-15-31-29(27)23-17-21-8-6-7-9-25(21)28(18-23)30(3,4)5;1-5-10(6-2)12(14)9-13(15)11(7-3)8-4;/h6-10,12,14-16,18-19H,11,13H2,1-5H3;9-11,14H,5-8H2,1-4H3;/q-1;;/b;12-9-;. The van der Waals surface area contributed by atoms with E-state index in [9.17, 15) is 9.90 Å². The van der Waals surface area contributed by atoms with E-state index in [2.05, 4.69) is 95.3 Å². The van der Waals surface area contributed by atoms with E-state index in [1.807, 2.05) is 33.9 Å².